The molecule has 1 saturated heterocycles. The summed E-state index contributed by atoms with van der Waals surface area (Å²) in [5.41, 5.74) is 0. The highest BCUT2D eigenvalue weighted by molar-refractivity contribution is 6.17. The lowest BCUT2D eigenvalue weighted by Crippen LogP contribution is -2.45. The summed E-state index contributed by atoms with van der Waals surface area (Å²) in [6.45, 7) is 4.79. The van der Waals surface area contributed by atoms with E-state index in [1.807, 2.05) is 6.92 Å². The SMILES string of the molecule is CCN(CCCCl)C(=O)C1COCCO1. The molecule has 1 aliphatic rings. The van der Waals surface area contributed by atoms with Gasteiger partial charge < -0.3 is 14.4 Å². The van der Waals surface area contributed by atoms with Crippen LogP contribution < -0.4 is 0 Å². The van der Waals surface area contributed by atoms with Crippen LogP contribution in [0.4, 0.5) is 0 Å². The molecule has 0 saturated carbocycles. The van der Waals surface area contributed by atoms with E-state index in [0.717, 1.165) is 6.42 Å². The molecule has 5 heteroatoms. The van der Waals surface area contributed by atoms with Gasteiger partial charge in [0.05, 0.1) is 19.8 Å². The largest absolute Gasteiger partial charge is 0.376 e. The summed E-state index contributed by atoms with van der Waals surface area (Å²) in [6.07, 6.45) is 0.392. The maximum absolute atomic E-state index is 11.9. The second-order valence-corrected chi connectivity index (χ2v) is 3.77. The number of carbonyl (C=O) groups excluding carboxylic acids is 1. The zero-order valence-electron chi connectivity index (χ0n) is 9.08. The maximum atomic E-state index is 11.9. The van der Waals surface area contributed by atoms with E-state index in [1.54, 1.807) is 4.90 Å². The molecule has 0 aromatic heterocycles. The smallest absolute Gasteiger partial charge is 0.254 e. The molecular formula is C10H18ClNO3. The Morgan fingerprint density at radius 3 is 2.87 bits per heavy atom. The van der Waals surface area contributed by atoms with Gasteiger partial charge in [-0.15, -0.1) is 11.6 Å². The van der Waals surface area contributed by atoms with Crippen LogP contribution in [-0.4, -0.2) is 55.7 Å². The predicted octanol–water partition coefficient (Wildman–Crippen LogP) is 0.879. The monoisotopic (exact) mass is 235 g/mol. The van der Waals surface area contributed by atoms with Crippen LogP contribution in [0.25, 0.3) is 0 Å². The molecule has 1 unspecified atom stereocenters. The summed E-state index contributed by atoms with van der Waals surface area (Å²) in [5, 5.41) is 0. The number of nitrogens with zero attached hydrogens (tertiary/aromatic N) is 1. The molecule has 4 nitrogen and oxygen atoms in total. The Morgan fingerprint density at radius 1 is 1.53 bits per heavy atom. The summed E-state index contributed by atoms with van der Waals surface area (Å²) < 4.78 is 10.6. The van der Waals surface area contributed by atoms with Gasteiger partial charge in [0.1, 0.15) is 0 Å². The van der Waals surface area contributed by atoms with Crippen LogP contribution >= 0.6 is 11.6 Å². The Morgan fingerprint density at radius 2 is 2.33 bits per heavy atom. The number of rotatable bonds is 5. The summed E-state index contributed by atoms with van der Waals surface area (Å²) in [4.78, 5) is 13.7. The van der Waals surface area contributed by atoms with Gasteiger partial charge >= 0.3 is 0 Å². The number of hydrogen-bond acceptors (Lipinski definition) is 3. The second kappa shape index (κ2) is 7.04. The van der Waals surface area contributed by atoms with Crippen LogP contribution in [0.2, 0.25) is 0 Å². The molecule has 0 aliphatic carbocycles. The quantitative estimate of drug-likeness (QED) is 0.664. The van der Waals surface area contributed by atoms with Crippen molar-refractivity contribution in [3.05, 3.63) is 0 Å². The van der Waals surface area contributed by atoms with E-state index in [-0.39, 0.29) is 5.91 Å². The van der Waals surface area contributed by atoms with Crippen LogP contribution in [-0.2, 0) is 14.3 Å². The Balaban J connectivity index is 2.40. The van der Waals surface area contributed by atoms with E-state index < -0.39 is 6.10 Å². The number of carbonyl (C=O) groups is 1. The third-order valence-corrected chi connectivity index (χ3v) is 2.61. The highest BCUT2D eigenvalue weighted by atomic mass is 35.5. The van der Waals surface area contributed by atoms with E-state index >= 15 is 0 Å². The summed E-state index contributed by atoms with van der Waals surface area (Å²) in [5.74, 6) is 0.591. The molecule has 0 spiro atoms. The normalized spacial score (nSPS) is 21.3. The van der Waals surface area contributed by atoms with Crippen LogP contribution in [0.5, 0.6) is 0 Å². The molecule has 0 bridgehead atoms. The van der Waals surface area contributed by atoms with Crippen molar-refractivity contribution in [1.29, 1.82) is 0 Å². The minimum absolute atomic E-state index is 0.0160. The second-order valence-electron chi connectivity index (χ2n) is 3.39. The highest BCUT2D eigenvalue weighted by Crippen LogP contribution is 2.06. The summed E-state index contributed by atoms with van der Waals surface area (Å²) >= 11 is 5.60. The first-order valence-corrected chi connectivity index (χ1v) is 5.87. The highest BCUT2D eigenvalue weighted by Gasteiger charge is 2.26. The van der Waals surface area contributed by atoms with Gasteiger partial charge in [0, 0.05) is 19.0 Å². The lowest BCUT2D eigenvalue weighted by Gasteiger charge is -2.28. The zero-order valence-corrected chi connectivity index (χ0v) is 9.83. The van der Waals surface area contributed by atoms with Gasteiger partial charge in [0.2, 0.25) is 0 Å². The fourth-order valence-corrected chi connectivity index (χ4v) is 1.63. The molecule has 0 radical (unpaired) electrons. The molecule has 0 aromatic rings. The molecule has 1 amide bonds. The van der Waals surface area contributed by atoms with Crippen LogP contribution in [0.1, 0.15) is 13.3 Å². The van der Waals surface area contributed by atoms with E-state index in [0.29, 0.717) is 38.8 Å². The van der Waals surface area contributed by atoms with Crippen molar-refractivity contribution < 1.29 is 14.3 Å². The molecular weight excluding hydrogens is 218 g/mol. The summed E-state index contributed by atoms with van der Waals surface area (Å²) in [7, 11) is 0. The third-order valence-electron chi connectivity index (χ3n) is 2.35. The molecule has 1 heterocycles. The Bertz CT molecular complexity index is 195. The minimum atomic E-state index is -0.422. The molecule has 0 N–H and O–H groups in total. The molecule has 1 atom stereocenters. The number of halogens is 1. The van der Waals surface area contributed by atoms with Gasteiger partial charge in [-0.25, -0.2) is 0 Å². The number of amides is 1. The van der Waals surface area contributed by atoms with Crippen LogP contribution in [0, 0.1) is 0 Å². The Hall–Kier alpha value is -0.320. The number of hydrogen-bond donors (Lipinski definition) is 0. The molecule has 1 fully saturated rings. The number of alkyl halides is 1. The average molecular weight is 236 g/mol. The molecule has 88 valence electrons. The molecule has 1 rings (SSSR count). The topological polar surface area (TPSA) is 38.8 Å². The van der Waals surface area contributed by atoms with Crippen molar-refractivity contribution >= 4 is 17.5 Å². The lowest BCUT2D eigenvalue weighted by atomic mass is 10.3. The van der Waals surface area contributed by atoms with E-state index in [9.17, 15) is 4.79 Å². The minimum Gasteiger partial charge on any atom is -0.376 e. The van der Waals surface area contributed by atoms with Gasteiger partial charge in [-0.05, 0) is 13.3 Å². The van der Waals surface area contributed by atoms with Gasteiger partial charge in [0.15, 0.2) is 6.10 Å². The van der Waals surface area contributed by atoms with Gasteiger partial charge in [-0.2, -0.15) is 0 Å². The first kappa shape index (κ1) is 12.7. The van der Waals surface area contributed by atoms with Crippen molar-refractivity contribution in [3.63, 3.8) is 0 Å². The molecule has 15 heavy (non-hydrogen) atoms. The fourth-order valence-electron chi connectivity index (χ4n) is 1.51. The zero-order chi connectivity index (χ0) is 11.1. The van der Waals surface area contributed by atoms with Gasteiger partial charge in [-0.1, -0.05) is 0 Å². The Kier molecular flexibility index (Phi) is 5.98. The number of likely N-dealkylation sites (N-methyl/N-ethyl adjacent to an activating group) is 1. The molecule has 1 aliphatic heterocycles. The van der Waals surface area contributed by atoms with E-state index in [2.05, 4.69) is 0 Å². The van der Waals surface area contributed by atoms with Crippen LogP contribution in [0.3, 0.4) is 0 Å². The number of ether oxygens (including phenoxy) is 2. The van der Waals surface area contributed by atoms with Gasteiger partial charge in [-0.3, -0.25) is 4.79 Å². The van der Waals surface area contributed by atoms with Crippen LogP contribution in [0.15, 0.2) is 0 Å². The first-order valence-electron chi connectivity index (χ1n) is 5.33. The van der Waals surface area contributed by atoms with Crippen molar-refractivity contribution in [2.45, 2.75) is 19.4 Å². The fraction of sp³-hybridized carbons (Fsp3) is 0.900. The first-order chi connectivity index (χ1) is 7.29. The lowest BCUT2D eigenvalue weighted by molar-refractivity contribution is -0.157. The Labute approximate surface area is 95.5 Å². The third kappa shape index (κ3) is 3.97. The van der Waals surface area contributed by atoms with Crippen molar-refractivity contribution in [1.82, 2.24) is 4.90 Å². The maximum Gasteiger partial charge on any atom is 0.254 e. The average Bonchev–Trinajstić information content (AvgIpc) is 2.31. The van der Waals surface area contributed by atoms with Crippen molar-refractivity contribution in [2.75, 3.05) is 38.8 Å². The van der Waals surface area contributed by atoms with Crippen molar-refractivity contribution in [3.8, 4) is 0 Å². The van der Waals surface area contributed by atoms with Gasteiger partial charge in [0.25, 0.3) is 5.91 Å². The van der Waals surface area contributed by atoms with Crippen molar-refractivity contribution in [2.24, 2.45) is 0 Å². The summed E-state index contributed by atoms with van der Waals surface area (Å²) in [6, 6.07) is 0. The van der Waals surface area contributed by atoms with E-state index in [4.69, 9.17) is 21.1 Å². The standard InChI is InChI=1S/C10H18ClNO3/c1-2-12(5-3-4-11)10(13)9-8-14-6-7-15-9/h9H,2-8H2,1H3. The van der Waals surface area contributed by atoms with E-state index in [1.165, 1.54) is 0 Å². The molecule has 0 aromatic carbocycles. The predicted molar refractivity (Wildman–Crippen MR) is 58.2 cm³/mol.